The van der Waals surface area contributed by atoms with Crippen LogP contribution >= 0.6 is 15.9 Å². The van der Waals surface area contributed by atoms with Gasteiger partial charge in [-0.25, -0.2) is 9.59 Å². The van der Waals surface area contributed by atoms with E-state index >= 15 is 0 Å². The number of hydrogen-bond donors (Lipinski definition) is 1. The standard InChI is InChI=1S/C17H14BrN3O7/c1-27-16(23)10-5-3-4-6-20(13(10)17(24)28-2)14-11(18)7-9(15(19)22)8-12(14)21(25)26/h3-8H,1-2H3,(H2,19,22). The summed E-state index contributed by atoms with van der Waals surface area (Å²) in [7, 11) is 2.22. The minimum atomic E-state index is -0.934. The van der Waals surface area contributed by atoms with Crippen molar-refractivity contribution in [3.05, 3.63) is 68.0 Å². The summed E-state index contributed by atoms with van der Waals surface area (Å²) in [5, 5.41) is 11.6. The Bertz CT molecular complexity index is 966. The fourth-order valence-electron chi connectivity index (χ4n) is 2.44. The second-order valence-corrected chi connectivity index (χ2v) is 6.12. The van der Waals surface area contributed by atoms with Crippen molar-refractivity contribution < 1.29 is 28.8 Å². The Morgan fingerprint density at radius 1 is 1.14 bits per heavy atom. The van der Waals surface area contributed by atoms with Crippen LogP contribution in [0.5, 0.6) is 0 Å². The molecular weight excluding hydrogens is 438 g/mol. The summed E-state index contributed by atoms with van der Waals surface area (Å²) in [5.41, 5.74) is 3.97. The van der Waals surface area contributed by atoms with Crippen LogP contribution in [0.2, 0.25) is 0 Å². The van der Waals surface area contributed by atoms with Crippen LogP contribution in [0.3, 0.4) is 0 Å². The highest BCUT2D eigenvalue weighted by Gasteiger charge is 2.33. The van der Waals surface area contributed by atoms with Gasteiger partial charge in [-0.1, -0.05) is 6.08 Å². The maximum Gasteiger partial charge on any atom is 0.355 e. The van der Waals surface area contributed by atoms with Crippen LogP contribution in [0.4, 0.5) is 11.4 Å². The molecule has 10 nitrogen and oxygen atoms in total. The number of ether oxygens (including phenoxy) is 2. The van der Waals surface area contributed by atoms with Gasteiger partial charge >= 0.3 is 11.9 Å². The Balaban J connectivity index is 2.87. The fourth-order valence-corrected chi connectivity index (χ4v) is 3.08. The second-order valence-electron chi connectivity index (χ2n) is 5.26. The topological polar surface area (TPSA) is 142 Å². The predicted octanol–water partition coefficient (Wildman–Crippen LogP) is 1.95. The Morgan fingerprint density at radius 2 is 1.79 bits per heavy atom. The van der Waals surface area contributed by atoms with Gasteiger partial charge in [0.2, 0.25) is 5.91 Å². The molecule has 0 saturated carbocycles. The number of carbonyl (C=O) groups excluding carboxylic acids is 3. The molecule has 146 valence electrons. The first kappa shape index (κ1) is 20.8. The number of halogens is 1. The highest BCUT2D eigenvalue weighted by atomic mass is 79.9. The summed E-state index contributed by atoms with van der Waals surface area (Å²) in [6, 6.07) is 2.24. The third-order valence-corrected chi connectivity index (χ3v) is 4.26. The summed E-state index contributed by atoms with van der Waals surface area (Å²) >= 11 is 3.17. The number of amides is 1. The number of allylic oxidation sites excluding steroid dienone is 2. The molecule has 0 bridgehead atoms. The number of methoxy groups -OCH3 is 2. The van der Waals surface area contributed by atoms with Gasteiger partial charge in [0.25, 0.3) is 5.69 Å². The first-order chi connectivity index (χ1) is 13.2. The summed E-state index contributed by atoms with van der Waals surface area (Å²) in [6.45, 7) is 0. The Morgan fingerprint density at radius 3 is 2.32 bits per heavy atom. The van der Waals surface area contributed by atoms with Gasteiger partial charge in [0, 0.05) is 22.3 Å². The molecule has 0 saturated heterocycles. The Labute approximate surface area is 167 Å². The van der Waals surface area contributed by atoms with Gasteiger partial charge < -0.3 is 20.1 Å². The SMILES string of the molecule is COC(=O)C1=C(C(=O)OC)N(c2c(Br)cc(C(N)=O)cc2[N+](=O)[O-])C=CC=C1. The zero-order valence-electron chi connectivity index (χ0n) is 14.7. The third-order valence-electron chi connectivity index (χ3n) is 3.65. The molecule has 1 heterocycles. The maximum atomic E-state index is 12.4. The van der Waals surface area contributed by atoms with Crippen molar-refractivity contribution in [1.82, 2.24) is 0 Å². The Hall–Kier alpha value is -3.47. The largest absolute Gasteiger partial charge is 0.465 e. The highest BCUT2D eigenvalue weighted by molar-refractivity contribution is 9.10. The van der Waals surface area contributed by atoms with Crippen LogP contribution in [0.15, 0.2) is 52.3 Å². The summed E-state index contributed by atoms with van der Waals surface area (Å²) in [6.07, 6.45) is 5.55. The van der Waals surface area contributed by atoms with Crippen molar-refractivity contribution in [2.24, 2.45) is 5.73 Å². The zero-order chi connectivity index (χ0) is 21.0. The average Bonchev–Trinajstić information content (AvgIpc) is 2.88. The number of hydrogen-bond acceptors (Lipinski definition) is 8. The normalized spacial score (nSPS) is 13.2. The first-order valence-electron chi connectivity index (χ1n) is 7.55. The molecule has 0 spiro atoms. The van der Waals surface area contributed by atoms with Crippen molar-refractivity contribution in [1.29, 1.82) is 0 Å². The lowest BCUT2D eigenvalue weighted by atomic mass is 10.1. The molecule has 2 N–H and O–H groups in total. The van der Waals surface area contributed by atoms with E-state index in [1.54, 1.807) is 0 Å². The lowest BCUT2D eigenvalue weighted by Gasteiger charge is -2.24. The van der Waals surface area contributed by atoms with Crippen molar-refractivity contribution >= 4 is 45.2 Å². The zero-order valence-corrected chi connectivity index (χ0v) is 16.3. The second kappa shape index (κ2) is 8.48. The van der Waals surface area contributed by atoms with Crippen molar-refractivity contribution in [2.75, 3.05) is 19.1 Å². The molecule has 1 aliphatic heterocycles. The van der Waals surface area contributed by atoms with Crippen molar-refractivity contribution in [3.63, 3.8) is 0 Å². The van der Waals surface area contributed by atoms with E-state index in [0.717, 1.165) is 25.2 Å². The van der Waals surface area contributed by atoms with E-state index in [1.165, 1.54) is 30.5 Å². The minimum absolute atomic E-state index is 0.0904. The molecule has 1 aromatic rings. The number of esters is 2. The summed E-state index contributed by atoms with van der Waals surface area (Å²) < 4.78 is 9.54. The van der Waals surface area contributed by atoms with E-state index < -0.39 is 28.5 Å². The molecule has 2 rings (SSSR count). The monoisotopic (exact) mass is 451 g/mol. The number of nitrogens with two attached hydrogens (primary N) is 1. The van der Waals surface area contributed by atoms with Crippen LogP contribution in [0.25, 0.3) is 0 Å². The van der Waals surface area contributed by atoms with Gasteiger partial charge in [-0.15, -0.1) is 0 Å². The molecular formula is C17H14BrN3O7. The highest BCUT2D eigenvalue weighted by Crippen LogP contribution is 2.40. The Kier molecular flexibility index (Phi) is 6.31. The van der Waals surface area contributed by atoms with E-state index in [2.05, 4.69) is 15.9 Å². The van der Waals surface area contributed by atoms with Crippen LogP contribution in [0, 0.1) is 10.1 Å². The molecule has 0 aromatic heterocycles. The van der Waals surface area contributed by atoms with E-state index in [4.69, 9.17) is 15.2 Å². The number of nitro groups is 1. The number of benzene rings is 1. The minimum Gasteiger partial charge on any atom is -0.465 e. The molecule has 28 heavy (non-hydrogen) atoms. The van der Waals surface area contributed by atoms with E-state index in [-0.39, 0.29) is 27.0 Å². The van der Waals surface area contributed by atoms with Gasteiger partial charge in [-0.2, -0.15) is 0 Å². The average molecular weight is 452 g/mol. The van der Waals surface area contributed by atoms with Gasteiger partial charge in [0.05, 0.1) is 24.7 Å². The molecule has 1 amide bonds. The van der Waals surface area contributed by atoms with Crippen LogP contribution < -0.4 is 10.6 Å². The van der Waals surface area contributed by atoms with E-state index in [1.807, 2.05) is 0 Å². The van der Waals surface area contributed by atoms with Crippen LogP contribution in [0.1, 0.15) is 10.4 Å². The van der Waals surface area contributed by atoms with Crippen molar-refractivity contribution in [3.8, 4) is 0 Å². The van der Waals surface area contributed by atoms with Gasteiger partial charge in [0.1, 0.15) is 11.4 Å². The molecule has 0 atom stereocenters. The number of rotatable bonds is 5. The third kappa shape index (κ3) is 3.93. The lowest BCUT2D eigenvalue weighted by Crippen LogP contribution is -2.28. The summed E-state index contributed by atoms with van der Waals surface area (Å²) in [4.78, 5) is 48.1. The lowest BCUT2D eigenvalue weighted by molar-refractivity contribution is -0.384. The van der Waals surface area contributed by atoms with E-state index in [0.29, 0.717) is 0 Å². The number of carbonyl (C=O) groups is 3. The molecule has 0 aliphatic carbocycles. The maximum absolute atomic E-state index is 12.4. The molecule has 0 radical (unpaired) electrons. The van der Waals surface area contributed by atoms with Crippen molar-refractivity contribution in [2.45, 2.75) is 0 Å². The van der Waals surface area contributed by atoms with Crippen LogP contribution in [-0.4, -0.2) is 37.0 Å². The predicted molar refractivity (Wildman–Crippen MR) is 101 cm³/mol. The molecule has 1 aliphatic rings. The molecule has 0 unspecified atom stereocenters. The van der Waals surface area contributed by atoms with Gasteiger partial charge in [0.15, 0.2) is 0 Å². The number of nitrogens with zero attached hydrogens (tertiary/aromatic N) is 2. The molecule has 0 fully saturated rings. The molecule has 1 aromatic carbocycles. The number of anilines is 1. The fraction of sp³-hybridized carbons (Fsp3) is 0.118. The van der Waals surface area contributed by atoms with Gasteiger partial charge in [-0.05, 0) is 34.1 Å². The number of primary amides is 1. The quantitative estimate of drug-likeness (QED) is 0.406. The van der Waals surface area contributed by atoms with Crippen LogP contribution in [-0.2, 0) is 19.1 Å². The molecule has 11 heteroatoms. The summed E-state index contributed by atoms with van der Waals surface area (Å²) in [5.74, 6) is -2.66. The smallest absolute Gasteiger partial charge is 0.355 e. The first-order valence-corrected chi connectivity index (χ1v) is 8.35. The van der Waals surface area contributed by atoms with Gasteiger partial charge in [-0.3, -0.25) is 14.9 Å². The van der Waals surface area contributed by atoms with E-state index in [9.17, 15) is 24.5 Å². The number of nitro benzene ring substituents is 1.